The molecule has 0 bridgehead atoms. The summed E-state index contributed by atoms with van der Waals surface area (Å²) in [7, 11) is 0. The maximum absolute atomic E-state index is 13.6. The van der Waals surface area contributed by atoms with E-state index in [1.807, 2.05) is 49.4 Å². The minimum Gasteiger partial charge on any atom is -0.321 e. The summed E-state index contributed by atoms with van der Waals surface area (Å²) >= 11 is 0. The summed E-state index contributed by atoms with van der Waals surface area (Å²) in [4.78, 5) is 21.9. The van der Waals surface area contributed by atoms with Gasteiger partial charge >= 0.3 is 0 Å². The summed E-state index contributed by atoms with van der Waals surface area (Å²) < 4.78 is 27.3. The van der Waals surface area contributed by atoms with E-state index in [0.29, 0.717) is 11.5 Å². The van der Waals surface area contributed by atoms with Gasteiger partial charge in [-0.25, -0.2) is 18.7 Å². The molecule has 1 heterocycles. The van der Waals surface area contributed by atoms with Gasteiger partial charge in [-0.2, -0.15) is 0 Å². The van der Waals surface area contributed by atoms with Gasteiger partial charge in [0.1, 0.15) is 5.69 Å². The van der Waals surface area contributed by atoms with Crippen molar-refractivity contribution in [3.8, 4) is 22.5 Å². The third-order valence-electron chi connectivity index (χ3n) is 5.16. The number of hydrogen-bond donors (Lipinski definition) is 1. The molecule has 4 aromatic rings. The highest BCUT2D eigenvalue weighted by Gasteiger charge is 2.24. The lowest BCUT2D eigenvalue weighted by atomic mass is 10.00. The van der Waals surface area contributed by atoms with E-state index < -0.39 is 11.8 Å². The van der Waals surface area contributed by atoms with Gasteiger partial charge in [-0.05, 0) is 60.9 Å². The van der Waals surface area contributed by atoms with E-state index in [4.69, 9.17) is 0 Å². The molecule has 0 radical (unpaired) electrons. The van der Waals surface area contributed by atoms with Crippen molar-refractivity contribution in [2.24, 2.45) is 0 Å². The molecule has 0 fully saturated rings. The van der Waals surface area contributed by atoms with Crippen LogP contribution in [-0.4, -0.2) is 15.9 Å². The van der Waals surface area contributed by atoms with Crippen LogP contribution >= 0.6 is 0 Å². The fourth-order valence-electron chi connectivity index (χ4n) is 3.59. The van der Waals surface area contributed by atoms with E-state index in [9.17, 15) is 13.6 Å². The van der Waals surface area contributed by atoms with Gasteiger partial charge in [-0.1, -0.05) is 48.5 Å². The molecular formula is C27H23F2N3O. The standard InChI is InChI=1S/C27H23F2N3O/c1-17-12-20(19-8-5-4-6-9-19)15-21(13-17)25-30-18(2)14-24(32-25)26(33)31-23-11-7-10-22(16-23)27(3,28)29/h4-16H,1-3H3,(H,31,33). The molecule has 0 saturated carbocycles. The van der Waals surface area contributed by atoms with E-state index >= 15 is 0 Å². The van der Waals surface area contributed by atoms with Crippen LogP contribution in [0.5, 0.6) is 0 Å². The molecule has 1 aromatic heterocycles. The summed E-state index contributed by atoms with van der Waals surface area (Å²) in [5.74, 6) is -3.06. The zero-order valence-electron chi connectivity index (χ0n) is 18.6. The molecule has 0 spiro atoms. The lowest BCUT2D eigenvalue weighted by molar-refractivity contribution is 0.0175. The number of benzene rings is 3. The molecule has 0 aliphatic heterocycles. The van der Waals surface area contributed by atoms with E-state index in [1.165, 1.54) is 18.2 Å². The van der Waals surface area contributed by atoms with Crippen molar-refractivity contribution in [2.75, 3.05) is 5.32 Å². The minimum atomic E-state index is -3.00. The Morgan fingerprint density at radius 2 is 1.55 bits per heavy atom. The highest BCUT2D eigenvalue weighted by molar-refractivity contribution is 6.03. The SMILES string of the molecule is Cc1cc(-c2ccccc2)cc(-c2nc(C)cc(C(=O)Nc3cccc(C(C)(F)F)c3)n2)c1. The summed E-state index contributed by atoms with van der Waals surface area (Å²) in [6.07, 6.45) is 0. The van der Waals surface area contributed by atoms with Crippen LogP contribution in [0.25, 0.3) is 22.5 Å². The number of nitrogens with zero attached hydrogens (tertiary/aromatic N) is 2. The Morgan fingerprint density at radius 1 is 0.818 bits per heavy atom. The summed E-state index contributed by atoms with van der Waals surface area (Å²) in [5, 5.41) is 2.66. The van der Waals surface area contributed by atoms with Gasteiger partial charge in [0, 0.05) is 29.4 Å². The molecule has 1 N–H and O–H groups in total. The van der Waals surface area contributed by atoms with Crippen LogP contribution in [0.3, 0.4) is 0 Å². The number of hydrogen-bond acceptors (Lipinski definition) is 3. The first-order chi connectivity index (χ1) is 15.7. The number of aryl methyl sites for hydroxylation is 2. The zero-order valence-corrected chi connectivity index (χ0v) is 18.6. The summed E-state index contributed by atoms with van der Waals surface area (Å²) in [6.45, 7) is 4.60. The maximum Gasteiger partial charge on any atom is 0.274 e. The Balaban J connectivity index is 1.67. The highest BCUT2D eigenvalue weighted by Crippen LogP contribution is 2.29. The molecule has 0 unspecified atom stereocenters. The third kappa shape index (κ3) is 5.29. The average molecular weight is 443 g/mol. The summed E-state index contributed by atoms with van der Waals surface area (Å²) in [6, 6.07) is 23.2. The molecule has 0 aliphatic carbocycles. The predicted octanol–water partition coefficient (Wildman–Crippen LogP) is 6.79. The highest BCUT2D eigenvalue weighted by atomic mass is 19.3. The van der Waals surface area contributed by atoms with Crippen molar-refractivity contribution in [1.82, 2.24) is 9.97 Å². The molecule has 0 atom stereocenters. The van der Waals surface area contributed by atoms with Crippen LogP contribution in [0.4, 0.5) is 14.5 Å². The summed E-state index contributed by atoms with van der Waals surface area (Å²) in [5.41, 5.74) is 4.82. The lowest BCUT2D eigenvalue weighted by Gasteiger charge is -2.13. The first-order valence-corrected chi connectivity index (χ1v) is 10.5. The smallest absolute Gasteiger partial charge is 0.274 e. The first kappa shape index (κ1) is 22.3. The van der Waals surface area contributed by atoms with Gasteiger partial charge in [0.05, 0.1) is 0 Å². The largest absolute Gasteiger partial charge is 0.321 e. The van der Waals surface area contributed by atoms with Gasteiger partial charge in [-0.3, -0.25) is 4.79 Å². The number of carbonyl (C=O) groups excluding carboxylic acids is 1. The van der Waals surface area contributed by atoms with E-state index in [1.54, 1.807) is 19.1 Å². The first-order valence-electron chi connectivity index (χ1n) is 10.5. The van der Waals surface area contributed by atoms with Gasteiger partial charge in [0.2, 0.25) is 0 Å². The normalized spacial score (nSPS) is 11.3. The second kappa shape index (κ2) is 8.90. The van der Waals surface area contributed by atoms with Crippen LogP contribution in [-0.2, 0) is 5.92 Å². The monoisotopic (exact) mass is 443 g/mol. The quantitative estimate of drug-likeness (QED) is 0.369. The Hall–Kier alpha value is -3.93. The van der Waals surface area contributed by atoms with Crippen molar-refractivity contribution >= 4 is 11.6 Å². The van der Waals surface area contributed by atoms with E-state index in [2.05, 4.69) is 21.4 Å². The molecular weight excluding hydrogens is 420 g/mol. The fraction of sp³-hybridized carbons (Fsp3) is 0.148. The number of anilines is 1. The van der Waals surface area contributed by atoms with Gasteiger partial charge in [0.15, 0.2) is 5.82 Å². The topological polar surface area (TPSA) is 54.9 Å². The van der Waals surface area contributed by atoms with E-state index in [0.717, 1.165) is 29.2 Å². The van der Waals surface area contributed by atoms with Crippen molar-refractivity contribution < 1.29 is 13.6 Å². The zero-order chi connectivity index (χ0) is 23.6. The van der Waals surface area contributed by atoms with Crippen LogP contribution in [0, 0.1) is 13.8 Å². The molecule has 1 amide bonds. The van der Waals surface area contributed by atoms with Crippen molar-refractivity contribution in [2.45, 2.75) is 26.7 Å². The Morgan fingerprint density at radius 3 is 2.27 bits per heavy atom. The second-order valence-electron chi connectivity index (χ2n) is 8.10. The molecule has 4 nitrogen and oxygen atoms in total. The lowest BCUT2D eigenvalue weighted by Crippen LogP contribution is -2.16. The Labute approximate surface area is 191 Å². The third-order valence-corrected chi connectivity index (χ3v) is 5.16. The Kier molecular flexibility index (Phi) is 6.01. The number of nitrogens with one attached hydrogen (secondary N) is 1. The van der Waals surface area contributed by atoms with Gasteiger partial charge in [-0.15, -0.1) is 0 Å². The minimum absolute atomic E-state index is 0.161. The van der Waals surface area contributed by atoms with Crippen LogP contribution < -0.4 is 5.32 Å². The maximum atomic E-state index is 13.6. The molecule has 6 heteroatoms. The number of carbonyl (C=O) groups is 1. The molecule has 4 rings (SSSR count). The van der Waals surface area contributed by atoms with E-state index in [-0.39, 0.29) is 16.9 Å². The number of amides is 1. The molecule has 3 aromatic carbocycles. The number of aromatic nitrogens is 2. The predicted molar refractivity (Wildman–Crippen MR) is 126 cm³/mol. The Bertz CT molecular complexity index is 1310. The number of halogens is 2. The van der Waals surface area contributed by atoms with Crippen molar-refractivity contribution in [3.05, 3.63) is 101 Å². The van der Waals surface area contributed by atoms with Gasteiger partial charge < -0.3 is 5.32 Å². The number of rotatable bonds is 5. The number of alkyl halides is 2. The van der Waals surface area contributed by atoms with Crippen LogP contribution in [0.2, 0.25) is 0 Å². The second-order valence-corrected chi connectivity index (χ2v) is 8.10. The van der Waals surface area contributed by atoms with Gasteiger partial charge in [0.25, 0.3) is 11.8 Å². The molecule has 0 aliphatic rings. The van der Waals surface area contributed by atoms with Crippen molar-refractivity contribution in [3.63, 3.8) is 0 Å². The van der Waals surface area contributed by atoms with Crippen LogP contribution in [0.15, 0.2) is 78.9 Å². The van der Waals surface area contributed by atoms with Crippen molar-refractivity contribution in [1.29, 1.82) is 0 Å². The molecule has 33 heavy (non-hydrogen) atoms. The molecule has 166 valence electrons. The molecule has 0 saturated heterocycles. The average Bonchev–Trinajstić information content (AvgIpc) is 2.78. The van der Waals surface area contributed by atoms with Crippen LogP contribution in [0.1, 0.15) is 34.2 Å². The fourth-order valence-corrected chi connectivity index (χ4v) is 3.59.